The van der Waals surface area contributed by atoms with E-state index in [1.165, 1.54) is 16.3 Å². The van der Waals surface area contributed by atoms with Gasteiger partial charge in [-0.2, -0.15) is 4.31 Å². The highest BCUT2D eigenvalue weighted by atomic mass is 32.2. The number of anilines is 1. The van der Waals surface area contributed by atoms with E-state index >= 15 is 0 Å². The number of hydrogen-bond acceptors (Lipinski definition) is 4. The molecule has 0 saturated heterocycles. The minimum atomic E-state index is -3.46. The topological polar surface area (TPSA) is 75.7 Å². The van der Waals surface area contributed by atoms with Crippen molar-refractivity contribution in [3.63, 3.8) is 0 Å². The van der Waals surface area contributed by atoms with Crippen LogP contribution in [0.5, 0.6) is 5.75 Å². The molecule has 26 heavy (non-hydrogen) atoms. The minimum Gasteiger partial charge on any atom is -0.492 e. The Kier molecular flexibility index (Phi) is 7.66. The highest BCUT2D eigenvalue weighted by Crippen LogP contribution is 2.24. The first kappa shape index (κ1) is 20.5. The fraction of sp³-hybridized carbons (Fsp3) is 0.526. The lowest BCUT2D eigenvalue weighted by molar-refractivity contribution is -0.116. The Balaban J connectivity index is 1.99. The largest absolute Gasteiger partial charge is 0.492 e. The Labute approximate surface area is 156 Å². The Bertz CT molecular complexity index is 744. The first-order chi connectivity index (χ1) is 12.4. The van der Waals surface area contributed by atoms with Gasteiger partial charge >= 0.3 is 0 Å². The average Bonchev–Trinajstić information content (AvgIpc) is 2.60. The molecular formula is C19H28N2O4S. The van der Waals surface area contributed by atoms with Gasteiger partial charge in [0.05, 0.1) is 25.1 Å². The number of rotatable bonds is 9. The molecule has 2 rings (SSSR count). The third kappa shape index (κ3) is 6.46. The fourth-order valence-corrected chi connectivity index (χ4v) is 3.74. The third-order valence-corrected chi connectivity index (χ3v) is 5.57. The van der Waals surface area contributed by atoms with E-state index in [1.54, 1.807) is 18.2 Å². The predicted octanol–water partition coefficient (Wildman–Crippen LogP) is 3.18. The summed E-state index contributed by atoms with van der Waals surface area (Å²) < 4.78 is 30.8. The molecule has 1 aliphatic rings. The van der Waals surface area contributed by atoms with Crippen LogP contribution in [0.2, 0.25) is 0 Å². The molecule has 0 aliphatic heterocycles. The molecule has 1 aromatic carbocycles. The zero-order valence-electron chi connectivity index (χ0n) is 15.5. The van der Waals surface area contributed by atoms with Gasteiger partial charge in [0.1, 0.15) is 5.75 Å². The van der Waals surface area contributed by atoms with Crippen LogP contribution >= 0.6 is 0 Å². The molecule has 144 valence electrons. The molecular weight excluding hydrogens is 352 g/mol. The van der Waals surface area contributed by atoms with Crippen LogP contribution in [0, 0.1) is 0 Å². The molecule has 1 aliphatic carbocycles. The molecule has 0 saturated carbocycles. The quantitative estimate of drug-likeness (QED) is 0.668. The van der Waals surface area contributed by atoms with Crippen molar-refractivity contribution in [2.75, 3.05) is 31.3 Å². The van der Waals surface area contributed by atoms with Gasteiger partial charge in [-0.3, -0.25) is 4.79 Å². The zero-order chi connectivity index (χ0) is 19.0. The molecule has 0 unspecified atom stereocenters. The van der Waals surface area contributed by atoms with Crippen molar-refractivity contribution in [2.45, 2.75) is 39.0 Å². The van der Waals surface area contributed by atoms with Gasteiger partial charge in [0.25, 0.3) is 0 Å². The number of carbonyl (C=O) groups is 1. The number of carbonyl (C=O) groups excluding carboxylic acids is 1. The van der Waals surface area contributed by atoms with Gasteiger partial charge in [-0.1, -0.05) is 23.8 Å². The summed E-state index contributed by atoms with van der Waals surface area (Å²) in [6.45, 7) is 2.47. The lowest BCUT2D eigenvalue weighted by Gasteiger charge is -2.21. The van der Waals surface area contributed by atoms with E-state index in [9.17, 15) is 13.2 Å². The molecule has 0 fully saturated rings. The minimum absolute atomic E-state index is 0.202. The van der Waals surface area contributed by atoms with Gasteiger partial charge in [-0.05, 0) is 51.2 Å². The van der Waals surface area contributed by atoms with Crippen LogP contribution in [-0.2, 0) is 14.8 Å². The second-order valence-electron chi connectivity index (χ2n) is 6.43. The number of nitrogens with zero attached hydrogens (tertiary/aromatic N) is 1. The second kappa shape index (κ2) is 9.73. The molecule has 6 nitrogen and oxygen atoms in total. The van der Waals surface area contributed by atoms with Crippen LogP contribution in [0.25, 0.3) is 0 Å². The van der Waals surface area contributed by atoms with Crippen LogP contribution in [0.3, 0.4) is 0 Å². The van der Waals surface area contributed by atoms with Crippen LogP contribution in [0.1, 0.15) is 39.0 Å². The molecule has 0 heterocycles. The Morgan fingerprint density at radius 2 is 2.04 bits per heavy atom. The maximum Gasteiger partial charge on any atom is 0.239 e. The first-order valence-electron chi connectivity index (χ1n) is 9.05. The highest BCUT2D eigenvalue weighted by molar-refractivity contribution is 7.88. The number of allylic oxidation sites excluding steroid dienone is 1. The summed E-state index contributed by atoms with van der Waals surface area (Å²) in [5.41, 5.74) is 1.83. The standard InChI is InChI=1S/C19H28N2O4S/c1-3-25-18-12-8-7-11-17(18)20-19(22)15-21(26(2,23)24)14-13-16-9-5-4-6-10-16/h7-9,11-12H,3-6,10,13-15H2,1-2H3,(H,20,22). The molecule has 0 atom stereocenters. The van der Waals surface area contributed by atoms with Gasteiger partial charge < -0.3 is 10.1 Å². The van der Waals surface area contributed by atoms with Crippen molar-refractivity contribution in [3.05, 3.63) is 35.9 Å². The normalized spacial score (nSPS) is 14.8. The average molecular weight is 381 g/mol. The monoisotopic (exact) mass is 380 g/mol. The number of nitrogens with one attached hydrogen (secondary N) is 1. The number of ether oxygens (including phenoxy) is 1. The van der Waals surface area contributed by atoms with E-state index in [1.807, 2.05) is 13.0 Å². The Morgan fingerprint density at radius 1 is 1.27 bits per heavy atom. The molecule has 1 N–H and O–H groups in total. The third-order valence-electron chi connectivity index (χ3n) is 4.32. The van der Waals surface area contributed by atoms with E-state index in [0.29, 0.717) is 31.0 Å². The van der Waals surface area contributed by atoms with E-state index < -0.39 is 10.0 Å². The van der Waals surface area contributed by atoms with Crippen molar-refractivity contribution in [1.29, 1.82) is 0 Å². The van der Waals surface area contributed by atoms with Crippen LogP contribution in [0.4, 0.5) is 5.69 Å². The van der Waals surface area contributed by atoms with E-state index in [2.05, 4.69) is 11.4 Å². The summed E-state index contributed by atoms with van der Waals surface area (Å²) in [5, 5.41) is 2.75. The van der Waals surface area contributed by atoms with Crippen molar-refractivity contribution >= 4 is 21.6 Å². The van der Waals surface area contributed by atoms with Crippen molar-refractivity contribution in [1.82, 2.24) is 4.31 Å². The maximum absolute atomic E-state index is 12.4. The van der Waals surface area contributed by atoms with E-state index in [-0.39, 0.29) is 12.5 Å². The van der Waals surface area contributed by atoms with Crippen molar-refractivity contribution < 1.29 is 17.9 Å². The lowest BCUT2D eigenvalue weighted by atomic mass is 9.97. The molecule has 7 heteroatoms. The highest BCUT2D eigenvalue weighted by Gasteiger charge is 2.21. The van der Waals surface area contributed by atoms with Gasteiger partial charge in [0.2, 0.25) is 15.9 Å². The van der Waals surface area contributed by atoms with Gasteiger partial charge in [-0.25, -0.2) is 8.42 Å². The van der Waals surface area contributed by atoms with E-state index in [4.69, 9.17) is 4.74 Å². The number of para-hydroxylation sites is 2. The van der Waals surface area contributed by atoms with E-state index in [0.717, 1.165) is 25.5 Å². The smallest absolute Gasteiger partial charge is 0.239 e. The molecule has 1 aromatic rings. The Hall–Kier alpha value is -1.86. The summed E-state index contributed by atoms with van der Waals surface area (Å²) in [6.07, 6.45) is 8.44. The molecule has 1 amide bonds. The number of benzene rings is 1. The summed E-state index contributed by atoms with van der Waals surface area (Å²) in [6, 6.07) is 7.12. The Morgan fingerprint density at radius 3 is 2.69 bits per heavy atom. The van der Waals surface area contributed by atoms with Crippen molar-refractivity contribution in [2.24, 2.45) is 0 Å². The lowest BCUT2D eigenvalue weighted by Crippen LogP contribution is -2.38. The molecule has 0 bridgehead atoms. The number of sulfonamides is 1. The van der Waals surface area contributed by atoms with Gasteiger partial charge in [0.15, 0.2) is 0 Å². The first-order valence-corrected chi connectivity index (χ1v) is 10.9. The van der Waals surface area contributed by atoms with Crippen LogP contribution in [0.15, 0.2) is 35.9 Å². The molecule has 0 spiro atoms. The predicted molar refractivity (Wildman–Crippen MR) is 104 cm³/mol. The molecule has 0 radical (unpaired) electrons. The van der Waals surface area contributed by atoms with Gasteiger partial charge in [0, 0.05) is 6.54 Å². The fourth-order valence-electron chi connectivity index (χ4n) is 2.96. The molecule has 0 aromatic heterocycles. The number of hydrogen-bond donors (Lipinski definition) is 1. The second-order valence-corrected chi connectivity index (χ2v) is 8.41. The number of amides is 1. The SMILES string of the molecule is CCOc1ccccc1NC(=O)CN(CCC1=CCCCC1)S(C)(=O)=O. The summed E-state index contributed by atoms with van der Waals surface area (Å²) in [7, 11) is -3.46. The summed E-state index contributed by atoms with van der Waals surface area (Å²) in [4.78, 5) is 12.4. The van der Waals surface area contributed by atoms with Crippen LogP contribution in [-0.4, -0.2) is 44.6 Å². The zero-order valence-corrected chi connectivity index (χ0v) is 16.3. The van der Waals surface area contributed by atoms with Gasteiger partial charge in [-0.15, -0.1) is 0 Å². The van der Waals surface area contributed by atoms with Crippen LogP contribution < -0.4 is 10.1 Å². The maximum atomic E-state index is 12.4. The van der Waals surface area contributed by atoms with Crippen molar-refractivity contribution in [3.8, 4) is 5.75 Å². The summed E-state index contributed by atoms with van der Waals surface area (Å²) >= 11 is 0. The summed E-state index contributed by atoms with van der Waals surface area (Å²) in [5.74, 6) is 0.196.